The van der Waals surface area contributed by atoms with Crippen LogP contribution in [-0.4, -0.2) is 38.4 Å². The Morgan fingerprint density at radius 1 is 0.639 bits per heavy atom. The molecule has 2 saturated carbocycles. The molecule has 0 N–H and O–H groups in total. The van der Waals surface area contributed by atoms with Crippen LogP contribution in [0.1, 0.15) is 103 Å². The third-order valence-electron chi connectivity index (χ3n) is 7.47. The fourth-order valence-electron chi connectivity index (χ4n) is 5.45. The van der Waals surface area contributed by atoms with E-state index < -0.39 is 0 Å². The molecule has 0 heterocycles. The molecular weight excluding hydrogens is 456 g/mol. The van der Waals surface area contributed by atoms with Gasteiger partial charge in [0.1, 0.15) is 37.9 Å². The summed E-state index contributed by atoms with van der Waals surface area (Å²) in [5.41, 5.74) is 0. The molecule has 6 heteroatoms. The van der Waals surface area contributed by atoms with Crippen molar-refractivity contribution in [1.82, 2.24) is 0 Å². The molecule has 36 heavy (non-hydrogen) atoms. The third kappa shape index (κ3) is 12.1. The van der Waals surface area contributed by atoms with E-state index in [1.165, 1.54) is 64.2 Å². The van der Waals surface area contributed by atoms with Crippen LogP contribution in [0.2, 0.25) is 0 Å². The molecule has 2 aliphatic rings. The molecule has 0 saturated heterocycles. The van der Waals surface area contributed by atoms with Crippen molar-refractivity contribution in [2.75, 3.05) is 26.4 Å². The average Bonchev–Trinajstić information content (AvgIpc) is 2.91. The summed E-state index contributed by atoms with van der Waals surface area (Å²) in [6.07, 6.45) is 18.4. The van der Waals surface area contributed by atoms with Crippen molar-refractivity contribution >= 4 is 11.9 Å². The lowest BCUT2D eigenvalue weighted by Gasteiger charge is -2.21. The van der Waals surface area contributed by atoms with E-state index in [9.17, 15) is 9.59 Å². The molecule has 0 aromatic heterocycles. The normalized spacial score (nSPS) is 16.9. The first-order valence-electron chi connectivity index (χ1n) is 14.4. The minimum atomic E-state index is -0.143. The number of carbonyl (C=O) groups excluding carboxylic acids is 2. The van der Waals surface area contributed by atoms with Gasteiger partial charge < -0.3 is 18.9 Å². The summed E-state index contributed by atoms with van der Waals surface area (Å²) in [5.74, 6) is 2.62. The highest BCUT2D eigenvalue weighted by molar-refractivity contribution is 5.69. The van der Waals surface area contributed by atoms with Gasteiger partial charge in [-0.1, -0.05) is 70.3 Å². The quantitative estimate of drug-likeness (QED) is 0.178. The van der Waals surface area contributed by atoms with E-state index in [1.807, 2.05) is 18.2 Å². The van der Waals surface area contributed by atoms with Crippen LogP contribution in [0.3, 0.4) is 0 Å². The summed E-state index contributed by atoms with van der Waals surface area (Å²) in [6, 6.07) is 7.31. The molecule has 3 rings (SSSR count). The first-order valence-corrected chi connectivity index (χ1v) is 14.4. The van der Waals surface area contributed by atoms with Gasteiger partial charge in [0.25, 0.3) is 0 Å². The minimum absolute atomic E-state index is 0.143. The zero-order valence-electron chi connectivity index (χ0n) is 22.1. The van der Waals surface area contributed by atoms with Crippen molar-refractivity contribution in [2.45, 2.75) is 103 Å². The van der Waals surface area contributed by atoms with Gasteiger partial charge >= 0.3 is 11.9 Å². The number of hydrogen-bond acceptors (Lipinski definition) is 6. The number of rotatable bonds is 16. The minimum Gasteiger partial charge on any atom is -0.490 e. The molecule has 0 unspecified atom stereocenters. The number of esters is 2. The zero-order chi connectivity index (χ0) is 25.3. The number of hydrogen-bond donors (Lipinski definition) is 0. The van der Waals surface area contributed by atoms with Gasteiger partial charge in [0.05, 0.1) is 0 Å². The monoisotopic (exact) mass is 502 g/mol. The molecule has 1 aromatic rings. The Hall–Kier alpha value is -2.24. The van der Waals surface area contributed by atoms with Crippen molar-refractivity contribution in [2.24, 2.45) is 11.8 Å². The lowest BCUT2D eigenvalue weighted by atomic mass is 9.86. The summed E-state index contributed by atoms with van der Waals surface area (Å²) >= 11 is 0. The summed E-state index contributed by atoms with van der Waals surface area (Å²) in [7, 11) is 0. The second-order valence-corrected chi connectivity index (χ2v) is 10.4. The molecule has 0 aliphatic heterocycles. The molecule has 0 amide bonds. The Morgan fingerprint density at radius 3 is 1.53 bits per heavy atom. The van der Waals surface area contributed by atoms with Crippen molar-refractivity contribution < 1.29 is 28.5 Å². The molecule has 0 atom stereocenters. The van der Waals surface area contributed by atoms with E-state index in [-0.39, 0.29) is 25.2 Å². The predicted octanol–water partition coefficient (Wildman–Crippen LogP) is 7.03. The first kappa shape index (κ1) is 28.3. The molecule has 0 radical (unpaired) electrons. The Bertz CT molecular complexity index is 692. The summed E-state index contributed by atoms with van der Waals surface area (Å²) in [4.78, 5) is 23.9. The van der Waals surface area contributed by atoms with Gasteiger partial charge in [-0.3, -0.25) is 9.59 Å². The predicted molar refractivity (Wildman–Crippen MR) is 140 cm³/mol. The van der Waals surface area contributed by atoms with Crippen LogP contribution in [0.5, 0.6) is 11.5 Å². The van der Waals surface area contributed by atoms with Crippen molar-refractivity contribution in [3.63, 3.8) is 0 Å². The van der Waals surface area contributed by atoms with Crippen LogP contribution >= 0.6 is 0 Å². The summed E-state index contributed by atoms with van der Waals surface area (Å²) < 4.78 is 22.0. The summed E-state index contributed by atoms with van der Waals surface area (Å²) in [6.45, 7) is 1.08. The van der Waals surface area contributed by atoms with E-state index in [0.29, 0.717) is 37.6 Å². The molecular formula is C30H46O6. The highest BCUT2D eigenvalue weighted by Crippen LogP contribution is 2.28. The van der Waals surface area contributed by atoms with Crippen LogP contribution in [0.25, 0.3) is 0 Å². The summed E-state index contributed by atoms with van der Waals surface area (Å²) in [5, 5.41) is 0. The fourth-order valence-corrected chi connectivity index (χ4v) is 5.45. The van der Waals surface area contributed by atoms with Gasteiger partial charge in [0, 0.05) is 18.9 Å². The van der Waals surface area contributed by atoms with E-state index in [0.717, 1.165) is 37.5 Å². The van der Waals surface area contributed by atoms with Crippen LogP contribution in [0.15, 0.2) is 24.3 Å². The topological polar surface area (TPSA) is 71.1 Å². The SMILES string of the molecule is O=C(CCCC1CCCCC1)OCCOc1cccc(OCCOC(=O)CCCC2CCCCC2)c1. The first-order chi connectivity index (χ1) is 17.7. The van der Waals surface area contributed by atoms with Crippen LogP contribution in [-0.2, 0) is 19.1 Å². The largest absolute Gasteiger partial charge is 0.490 e. The Balaban J connectivity index is 1.18. The lowest BCUT2D eigenvalue weighted by Crippen LogP contribution is -2.13. The maximum atomic E-state index is 11.9. The van der Waals surface area contributed by atoms with Gasteiger partial charge in [-0.05, 0) is 49.7 Å². The zero-order valence-corrected chi connectivity index (χ0v) is 22.1. The van der Waals surface area contributed by atoms with Gasteiger partial charge in [-0.2, -0.15) is 0 Å². The molecule has 0 bridgehead atoms. The average molecular weight is 503 g/mol. The molecule has 202 valence electrons. The number of carbonyl (C=O) groups is 2. The Labute approximate surface area is 217 Å². The highest BCUT2D eigenvalue weighted by atomic mass is 16.6. The van der Waals surface area contributed by atoms with Crippen LogP contribution in [0, 0.1) is 11.8 Å². The standard InChI is InChI=1S/C30H46O6/c31-29(18-7-14-25-10-3-1-4-11-25)35-22-20-33-27-16-9-17-28(24-27)34-21-23-36-30(32)19-8-15-26-12-5-2-6-13-26/h9,16-17,24-26H,1-8,10-15,18-23H2. The van der Waals surface area contributed by atoms with Gasteiger partial charge in [-0.25, -0.2) is 0 Å². The Morgan fingerprint density at radius 2 is 1.08 bits per heavy atom. The Kier molecular flexibility index (Phi) is 13.6. The van der Waals surface area contributed by atoms with E-state index in [2.05, 4.69) is 0 Å². The lowest BCUT2D eigenvalue weighted by molar-refractivity contribution is -0.145. The van der Waals surface area contributed by atoms with Gasteiger partial charge in [-0.15, -0.1) is 0 Å². The maximum absolute atomic E-state index is 11.9. The number of benzene rings is 1. The van der Waals surface area contributed by atoms with E-state index >= 15 is 0 Å². The smallest absolute Gasteiger partial charge is 0.305 e. The van der Waals surface area contributed by atoms with E-state index in [1.54, 1.807) is 6.07 Å². The molecule has 2 fully saturated rings. The molecule has 2 aliphatic carbocycles. The third-order valence-corrected chi connectivity index (χ3v) is 7.47. The van der Waals surface area contributed by atoms with Crippen molar-refractivity contribution in [3.8, 4) is 11.5 Å². The molecule has 1 aromatic carbocycles. The molecule has 6 nitrogen and oxygen atoms in total. The van der Waals surface area contributed by atoms with E-state index in [4.69, 9.17) is 18.9 Å². The van der Waals surface area contributed by atoms with Crippen molar-refractivity contribution in [1.29, 1.82) is 0 Å². The maximum Gasteiger partial charge on any atom is 0.305 e. The van der Waals surface area contributed by atoms with Crippen LogP contribution < -0.4 is 9.47 Å². The second-order valence-electron chi connectivity index (χ2n) is 10.4. The van der Waals surface area contributed by atoms with Gasteiger partial charge in [0.15, 0.2) is 0 Å². The number of ether oxygens (including phenoxy) is 4. The van der Waals surface area contributed by atoms with Crippen molar-refractivity contribution in [3.05, 3.63) is 24.3 Å². The second kappa shape index (κ2) is 17.3. The van der Waals surface area contributed by atoms with Crippen LogP contribution in [0.4, 0.5) is 0 Å². The van der Waals surface area contributed by atoms with Gasteiger partial charge in [0.2, 0.25) is 0 Å². The molecule has 0 spiro atoms. The fraction of sp³-hybridized carbons (Fsp3) is 0.733. The highest BCUT2D eigenvalue weighted by Gasteiger charge is 2.15.